The average Bonchev–Trinajstić information content (AvgIpc) is 3.02. The number of aliphatic hydroxyl groups excluding tert-OH is 1. The molecule has 0 radical (unpaired) electrons. The van der Waals surface area contributed by atoms with Crippen LogP contribution in [0.2, 0.25) is 0 Å². The molecule has 7 nitrogen and oxygen atoms in total. The zero-order chi connectivity index (χ0) is 21.5. The van der Waals surface area contributed by atoms with Gasteiger partial charge in [-0.2, -0.15) is 0 Å². The van der Waals surface area contributed by atoms with E-state index >= 15 is 0 Å². The van der Waals surface area contributed by atoms with Crippen LogP contribution in [-0.2, 0) is 9.59 Å². The number of piperazine rings is 1. The van der Waals surface area contributed by atoms with Gasteiger partial charge in [-0.3, -0.25) is 19.4 Å². The number of imide groups is 1. The molecule has 0 spiro atoms. The van der Waals surface area contributed by atoms with Gasteiger partial charge in [0.25, 0.3) is 11.8 Å². The molecule has 0 bridgehead atoms. The van der Waals surface area contributed by atoms with Crippen molar-refractivity contribution in [2.75, 3.05) is 53.0 Å². The number of carbonyl (C=O) groups is 2. The van der Waals surface area contributed by atoms with Crippen LogP contribution in [0.25, 0.3) is 5.57 Å². The van der Waals surface area contributed by atoms with Crippen molar-refractivity contribution in [2.45, 2.75) is 32.6 Å². The van der Waals surface area contributed by atoms with Crippen molar-refractivity contribution in [3.8, 4) is 5.75 Å². The standard InChI is InChI=1S/C23H33N3O4/c1-3-4-5-6-11-26-22(28)20(18-7-9-19(30-2)10-8-18)21(23(26)29)25-14-12-24(13-15-25)16-17-27/h7-10,27H,3-6,11-17H2,1-2H3. The number of carbonyl (C=O) groups excluding carboxylic acids is 2. The van der Waals surface area contributed by atoms with E-state index in [2.05, 4.69) is 11.8 Å². The summed E-state index contributed by atoms with van der Waals surface area (Å²) < 4.78 is 5.24. The minimum atomic E-state index is -0.200. The summed E-state index contributed by atoms with van der Waals surface area (Å²) in [6.07, 6.45) is 4.06. The lowest BCUT2D eigenvalue weighted by Crippen LogP contribution is -2.48. The Morgan fingerprint density at radius 1 is 0.933 bits per heavy atom. The molecule has 3 rings (SSSR count). The first kappa shape index (κ1) is 22.3. The monoisotopic (exact) mass is 415 g/mol. The molecule has 2 amide bonds. The second-order valence-electron chi connectivity index (χ2n) is 7.83. The molecule has 0 atom stereocenters. The number of aliphatic hydroxyl groups is 1. The van der Waals surface area contributed by atoms with Crippen molar-refractivity contribution in [1.29, 1.82) is 0 Å². The van der Waals surface area contributed by atoms with Crippen molar-refractivity contribution in [3.05, 3.63) is 35.5 Å². The summed E-state index contributed by atoms with van der Waals surface area (Å²) in [5, 5.41) is 9.18. The number of hydrogen-bond donors (Lipinski definition) is 1. The molecule has 2 aliphatic heterocycles. The molecule has 164 valence electrons. The van der Waals surface area contributed by atoms with Crippen LogP contribution in [0.5, 0.6) is 5.75 Å². The van der Waals surface area contributed by atoms with Gasteiger partial charge < -0.3 is 14.7 Å². The molecular formula is C23H33N3O4. The summed E-state index contributed by atoms with van der Waals surface area (Å²) in [6.45, 7) is 6.22. The minimum absolute atomic E-state index is 0.128. The highest BCUT2D eigenvalue weighted by atomic mass is 16.5. The largest absolute Gasteiger partial charge is 0.497 e. The van der Waals surface area contributed by atoms with Crippen molar-refractivity contribution >= 4 is 17.4 Å². The molecular weight excluding hydrogens is 382 g/mol. The van der Waals surface area contributed by atoms with Crippen LogP contribution >= 0.6 is 0 Å². The average molecular weight is 416 g/mol. The maximum Gasteiger partial charge on any atom is 0.277 e. The molecule has 1 fully saturated rings. The lowest BCUT2D eigenvalue weighted by atomic mass is 10.0. The number of benzene rings is 1. The Morgan fingerprint density at radius 3 is 2.23 bits per heavy atom. The number of rotatable bonds is 10. The predicted molar refractivity (Wildman–Crippen MR) is 116 cm³/mol. The third-order valence-corrected chi connectivity index (χ3v) is 5.86. The smallest absolute Gasteiger partial charge is 0.277 e. The van der Waals surface area contributed by atoms with Gasteiger partial charge >= 0.3 is 0 Å². The molecule has 0 unspecified atom stereocenters. The molecule has 1 aromatic carbocycles. The highest BCUT2D eigenvalue weighted by Crippen LogP contribution is 2.33. The van der Waals surface area contributed by atoms with E-state index in [0.717, 1.165) is 44.3 Å². The zero-order valence-corrected chi connectivity index (χ0v) is 18.1. The Bertz CT molecular complexity index is 767. The number of methoxy groups -OCH3 is 1. The number of nitrogens with zero attached hydrogens (tertiary/aromatic N) is 3. The van der Waals surface area contributed by atoms with Crippen LogP contribution in [-0.4, -0.2) is 84.6 Å². The SMILES string of the molecule is CCCCCCN1C(=O)C(c2ccc(OC)cc2)=C(N2CCN(CCO)CC2)C1=O. The van der Waals surface area contributed by atoms with Crippen molar-refractivity contribution in [2.24, 2.45) is 0 Å². The number of β-amino-alcohol motifs (C(OH)–C–C–N with tert-alkyl or cyclic N) is 1. The van der Waals surface area contributed by atoms with E-state index in [0.29, 0.717) is 43.2 Å². The van der Waals surface area contributed by atoms with Gasteiger partial charge in [-0.15, -0.1) is 0 Å². The van der Waals surface area contributed by atoms with Gasteiger partial charge in [-0.1, -0.05) is 38.3 Å². The third-order valence-electron chi connectivity index (χ3n) is 5.86. The fourth-order valence-electron chi connectivity index (χ4n) is 4.11. The Balaban J connectivity index is 1.86. The van der Waals surface area contributed by atoms with E-state index < -0.39 is 0 Å². The minimum Gasteiger partial charge on any atom is -0.497 e. The summed E-state index contributed by atoms with van der Waals surface area (Å²) in [6, 6.07) is 7.34. The van der Waals surface area contributed by atoms with Gasteiger partial charge in [0.15, 0.2) is 0 Å². The molecule has 1 saturated heterocycles. The van der Waals surface area contributed by atoms with E-state index in [1.807, 2.05) is 29.2 Å². The van der Waals surface area contributed by atoms with Crippen LogP contribution in [0.3, 0.4) is 0 Å². The van der Waals surface area contributed by atoms with Gasteiger partial charge in [0.2, 0.25) is 0 Å². The Morgan fingerprint density at radius 2 is 1.63 bits per heavy atom. The van der Waals surface area contributed by atoms with Crippen LogP contribution in [0.4, 0.5) is 0 Å². The van der Waals surface area contributed by atoms with Gasteiger partial charge in [0.1, 0.15) is 11.4 Å². The second-order valence-corrected chi connectivity index (χ2v) is 7.83. The third kappa shape index (κ3) is 4.84. The number of unbranched alkanes of at least 4 members (excludes halogenated alkanes) is 3. The first-order chi connectivity index (χ1) is 14.6. The molecule has 0 saturated carbocycles. The van der Waals surface area contributed by atoms with Gasteiger partial charge in [-0.25, -0.2) is 0 Å². The first-order valence-corrected chi connectivity index (χ1v) is 10.9. The van der Waals surface area contributed by atoms with Crippen LogP contribution in [0.1, 0.15) is 38.2 Å². The van der Waals surface area contributed by atoms with Crippen LogP contribution in [0.15, 0.2) is 30.0 Å². The van der Waals surface area contributed by atoms with Crippen molar-refractivity contribution in [1.82, 2.24) is 14.7 Å². The summed E-state index contributed by atoms with van der Waals surface area (Å²) >= 11 is 0. The number of ether oxygens (including phenoxy) is 1. The van der Waals surface area contributed by atoms with Gasteiger partial charge in [-0.05, 0) is 24.1 Å². The molecule has 2 aliphatic rings. The zero-order valence-electron chi connectivity index (χ0n) is 18.1. The van der Waals surface area contributed by atoms with Gasteiger partial charge in [0, 0.05) is 39.3 Å². The van der Waals surface area contributed by atoms with E-state index in [1.165, 1.54) is 4.90 Å². The number of hydrogen-bond acceptors (Lipinski definition) is 6. The highest BCUT2D eigenvalue weighted by Gasteiger charge is 2.41. The van der Waals surface area contributed by atoms with E-state index in [9.17, 15) is 14.7 Å². The summed E-state index contributed by atoms with van der Waals surface area (Å²) in [5.74, 6) is 0.332. The normalized spacial score (nSPS) is 18.0. The maximum atomic E-state index is 13.3. The molecule has 1 N–H and O–H groups in total. The lowest BCUT2D eigenvalue weighted by molar-refractivity contribution is -0.137. The Hall–Kier alpha value is -2.38. The Labute approximate surface area is 178 Å². The van der Waals surface area contributed by atoms with Crippen molar-refractivity contribution < 1.29 is 19.4 Å². The fourth-order valence-corrected chi connectivity index (χ4v) is 4.11. The van der Waals surface area contributed by atoms with Crippen molar-refractivity contribution in [3.63, 3.8) is 0 Å². The number of amides is 2. The topological polar surface area (TPSA) is 73.3 Å². The molecule has 30 heavy (non-hydrogen) atoms. The van der Waals surface area contributed by atoms with E-state index in [1.54, 1.807) is 7.11 Å². The second kappa shape index (κ2) is 10.6. The summed E-state index contributed by atoms with van der Waals surface area (Å²) in [5.41, 5.74) is 1.76. The molecule has 1 aromatic rings. The van der Waals surface area contributed by atoms with Crippen LogP contribution in [0, 0.1) is 0 Å². The molecule has 0 aromatic heterocycles. The summed E-state index contributed by atoms with van der Waals surface area (Å²) in [7, 11) is 1.61. The first-order valence-electron chi connectivity index (χ1n) is 10.9. The predicted octanol–water partition coefficient (Wildman–Crippen LogP) is 1.97. The lowest BCUT2D eigenvalue weighted by Gasteiger charge is -2.36. The Kier molecular flexibility index (Phi) is 7.87. The highest BCUT2D eigenvalue weighted by molar-refractivity contribution is 6.35. The maximum absolute atomic E-state index is 13.3. The van der Waals surface area contributed by atoms with Crippen LogP contribution < -0.4 is 4.74 Å². The molecule has 2 heterocycles. The quantitative estimate of drug-likeness (QED) is 0.465. The summed E-state index contributed by atoms with van der Waals surface area (Å²) in [4.78, 5) is 32.3. The van der Waals surface area contributed by atoms with Gasteiger partial charge in [0.05, 0.1) is 19.3 Å². The molecule has 7 heteroatoms. The fraction of sp³-hybridized carbons (Fsp3) is 0.565. The molecule has 0 aliphatic carbocycles. The van der Waals surface area contributed by atoms with E-state index in [4.69, 9.17) is 4.74 Å². The van der Waals surface area contributed by atoms with E-state index in [-0.39, 0.29) is 18.4 Å².